The van der Waals surface area contributed by atoms with E-state index in [1.165, 1.54) is 0 Å². The van der Waals surface area contributed by atoms with Crippen molar-refractivity contribution in [3.63, 3.8) is 0 Å². The van der Waals surface area contributed by atoms with Crippen LogP contribution in [-0.4, -0.2) is 17.0 Å². The Morgan fingerprint density at radius 1 is 1.33 bits per heavy atom. The molecule has 0 aromatic rings. The molecule has 1 aliphatic rings. The van der Waals surface area contributed by atoms with Gasteiger partial charge in [0.1, 0.15) is 0 Å². The van der Waals surface area contributed by atoms with Gasteiger partial charge in [-0.2, -0.15) is 0 Å². The molecule has 0 aromatic carbocycles. The van der Waals surface area contributed by atoms with Crippen molar-refractivity contribution in [3.8, 4) is 0 Å². The van der Waals surface area contributed by atoms with Gasteiger partial charge in [0.25, 0.3) is 0 Å². The maximum Gasteiger partial charge on any atom is 0.303 e. The largest absolute Gasteiger partial charge is 0.481 e. The molecule has 0 radical (unpaired) electrons. The van der Waals surface area contributed by atoms with Crippen LogP contribution in [0.1, 0.15) is 52.4 Å². The van der Waals surface area contributed by atoms with Gasteiger partial charge in [0.15, 0.2) is 0 Å². The SMILES string of the molecule is CC.O=C(O)CCC1CCC(F)(F)CC1. The zero-order valence-corrected chi connectivity index (χ0v) is 9.43. The molecule has 0 aromatic heterocycles. The molecule has 0 aliphatic heterocycles. The zero-order chi connectivity index (χ0) is 11.9. The highest BCUT2D eigenvalue weighted by atomic mass is 19.3. The van der Waals surface area contributed by atoms with Crippen molar-refractivity contribution in [1.29, 1.82) is 0 Å². The van der Waals surface area contributed by atoms with Crippen LogP contribution in [0.5, 0.6) is 0 Å². The lowest BCUT2D eigenvalue weighted by Crippen LogP contribution is -2.24. The third kappa shape index (κ3) is 6.42. The minimum atomic E-state index is -2.50. The van der Waals surface area contributed by atoms with E-state index in [0.717, 1.165) is 0 Å². The molecule has 4 heteroatoms. The Morgan fingerprint density at radius 3 is 2.20 bits per heavy atom. The first kappa shape index (κ1) is 14.3. The minimum Gasteiger partial charge on any atom is -0.481 e. The monoisotopic (exact) mass is 222 g/mol. The van der Waals surface area contributed by atoms with Gasteiger partial charge < -0.3 is 5.11 Å². The molecule has 1 aliphatic carbocycles. The molecule has 15 heavy (non-hydrogen) atoms. The topological polar surface area (TPSA) is 37.3 Å². The van der Waals surface area contributed by atoms with E-state index in [0.29, 0.717) is 19.3 Å². The highest BCUT2D eigenvalue weighted by Crippen LogP contribution is 2.37. The van der Waals surface area contributed by atoms with Crippen LogP contribution >= 0.6 is 0 Å². The molecule has 1 fully saturated rings. The number of hydrogen-bond donors (Lipinski definition) is 1. The average molecular weight is 222 g/mol. The van der Waals surface area contributed by atoms with Gasteiger partial charge in [-0.1, -0.05) is 13.8 Å². The smallest absolute Gasteiger partial charge is 0.303 e. The van der Waals surface area contributed by atoms with Gasteiger partial charge in [0.2, 0.25) is 5.92 Å². The van der Waals surface area contributed by atoms with Gasteiger partial charge in [-0.05, 0) is 25.2 Å². The number of carboxylic acid groups (broad SMARTS) is 1. The lowest BCUT2D eigenvalue weighted by Gasteiger charge is -2.27. The lowest BCUT2D eigenvalue weighted by atomic mass is 9.84. The van der Waals surface area contributed by atoms with Crippen molar-refractivity contribution >= 4 is 5.97 Å². The Balaban J connectivity index is 0.000000921. The number of hydrogen-bond acceptors (Lipinski definition) is 1. The molecule has 0 bridgehead atoms. The quantitative estimate of drug-likeness (QED) is 0.790. The van der Waals surface area contributed by atoms with E-state index < -0.39 is 11.9 Å². The summed E-state index contributed by atoms with van der Waals surface area (Å²) in [6, 6.07) is 0. The molecule has 0 spiro atoms. The summed E-state index contributed by atoms with van der Waals surface area (Å²) in [5.41, 5.74) is 0. The predicted molar refractivity (Wildman–Crippen MR) is 55.1 cm³/mol. The van der Waals surface area contributed by atoms with Crippen LogP contribution in [0, 0.1) is 5.92 Å². The van der Waals surface area contributed by atoms with Gasteiger partial charge in [-0.25, -0.2) is 8.78 Å². The van der Waals surface area contributed by atoms with Crippen molar-refractivity contribution in [2.24, 2.45) is 5.92 Å². The molecule has 1 saturated carbocycles. The van der Waals surface area contributed by atoms with Crippen LogP contribution in [0.4, 0.5) is 8.78 Å². The summed E-state index contributed by atoms with van der Waals surface area (Å²) >= 11 is 0. The normalized spacial score (nSPS) is 20.3. The number of aliphatic carboxylic acids is 1. The van der Waals surface area contributed by atoms with Crippen LogP contribution < -0.4 is 0 Å². The molecule has 2 nitrogen and oxygen atoms in total. The summed E-state index contributed by atoms with van der Waals surface area (Å²) in [6.07, 6.45) is 1.46. The Labute approximate surface area is 89.7 Å². The van der Waals surface area contributed by atoms with Crippen LogP contribution in [0.2, 0.25) is 0 Å². The fourth-order valence-corrected chi connectivity index (χ4v) is 1.72. The molecule has 0 unspecified atom stereocenters. The summed E-state index contributed by atoms with van der Waals surface area (Å²) in [7, 11) is 0. The average Bonchev–Trinajstić information content (AvgIpc) is 2.19. The second kappa shape index (κ2) is 6.75. The molecule has 0 saturated heterocycles. The maximum absolute atomic E-state index is 12.7. The molecule has 90 valence electrons. The third-order valence-corrected chi connectivity index (χ3v) is 2.60. The molecule has 0 heterocycles. The predicted octanol–water partition coefficient (Wildman–Crippen LogP) is 3.70. The molecular weight excluding hydrogens is 202 g/mol. The first-order chi connectivity index (χ1) is 6.99. The van der Waals surface area contributed by atoms with Crippen LogP contribution in [0.3, 0.4) is 0 Å². The van der Waals surface area contributed by atoms with Gasteiger partial charge in [0.05, 0.1) is 0 Å². The molecule has 0 amide bonds. The van der Waals surface area contributed by atoms with Crippen molar-refractivity contribution < 1.29 is 18.7 Å². The van der Waals surface area contributed by atoms with E-state index in [-0.39, 0.29) is 25.2 Å². The van der Waals surface area contributed by atoms with E-state index in [1.54, 1.807) is 0 Å². The number of halogens is 2. The molecular formula is C11H20F2O2. The molecule has 0 atom stereocenters. The maximum atomic E-state index is 12.7. The van der Waals surface area contributed by atoms with Crippen LogP contribution in [0.25, 0.3) is 0 Å². The van der Waals surface area contributed by atoms with Crippen LogP contribution in [0.15, 0.2) is 0 Å². The summed E-state index contributed by atoms with van der Waals surface area (Å²) in [5, 5.41) is 8.40. The second-order valence-corrected chi connectivity index (χ2v) is 3.73. The van der Waals surface area contributed by atoms with Gasteiger partial charge in [0, 0.05) is 19.3 Å². The molecule has 1 N–H and O–H groups in total. The molecule has 1 rings (SSSR count). The van der Waals surface area contributed by atoms with Crippen LogP contribution in [-0.2, 0) is 4.79 Å². The van der Waals surface area contributed by atoms with Gasteiger partial charge >= 0.3 is 5.97 Å². The first-order valence-electron chi connectivity index (χ1n) is 5.59. The summed E-state index contributed by atoms with van der Waals surface area (Å²) in [6.45, 7) is 4.00. The third-order valence-electron chi connectivity index (χ3n) is 2.60. The van der Waals surface area contributed by atoms with E-state index in [2.05, 4.69) is 0 Å². The van der Waals surface area contributed by atoms with E-state index in [4.69, 9.17) is 5.11 Å². The first-order valence-corrected chi connectivity index (χ1v) is 5.59. The van der Waals surface area contributed by atoms with Crippen molar-refractivity contribution in [3.05, 3.63) is 0 Å². The Kier molecular flexibility index (Phi) is 6.45. The van der Waals surface area contributed by atoms with Crippen molar-refractivity contribution in [2.45, 2.75) is 58.3 Å². The highest BCUT2D eigenvalue weighted by molar-refractivity contribution is 5.66. The lowest BCUT2D eigenvalue weighted by molar-refractivity contribution is -0.137. The van der Waals surface area contributed by atoms with E-state index in [1.807, 2.05) is 13.8 Å². The summed E-state index contributed by atoms with van der Waals surface area (Å²) < 4.78 is 25.3. The van der Waals surface area contributed by atoms with Gasteiger partial charge in [-0.3, -0.25) is 4.79 Å². The Bertz CT molecular complexity index is 183. The van der Waals surface area contributed by atoms with Gasteiger partial charge in [-0.15, -0.1) is 0 Å². The fraction of sp³-hybridized carbons (Fsp3) is 0.909. The van der Waals surface area contributed by atoms with Crippen molar-refractivity contribution in [2.75, 3.05) is 0 Å². The summed E-state index contributed by atoms with van der Waals surface area (Å²) in [5.74, 6) is -3.15. The Hall–Kier alpha value is -0.670. The number of carbonyl (C=O) groups is 1. The van der Waals surface area contributed by atoms with E-state index >= 15 is 0 Å². The second-order valence-electron chi connectivity index (χ2n) is 3.73. The number of rotatable bonds is 3. The highest BCUT2D eigenvalue weighted by Gasteiger charge is 2.34. The van der Waals surface area contributed by atoms with E-state index in [9.17, 15) is 13.6 Å². The zero-order valence-electron chi connectivity index (χ0n) is 9.43. The standard InChI is InChI=1S/C9H14F2O2.C2H6/c10-9(11)5-3-7(4-6-9)1-2-8(12)13;1-2/h7H,1-6H2,(H,12,13);1-2H3. The fourth-order valence-electron chi connectivity index (χ4n) is 1.72. The number of alkyl halides is 2. The number of carboxylic acids is 1. The minimum absolute atomic E-state index is 0.0721. The Morgan fingerprint density at radius 2 is 1.80 bits per heavy atom. The van der Waals surface area contributed by atoms with Crippen molar-refractivity contribution in [1.82, 2.24) is 0 Å². The summed E-state index contributed by atoms with van der Waals surface area (Å²) in [4.78, 5) is 10.2.